The maximum absolute atomic E-state index is 12.5. The number of hydrogen-bond acceptors (Lipinski definition) is 1. The lowest BCUT2D eigenvalue weighted by Crippen LogP contribution is -2.09. The molecule has 0 aromatic heterocycles. The molecule has 0 saturated heterocycles. The summed E-state index contributed by atoms with van der Waals surface area (Å²) in [5.74, 6) is 0. The molecule has 0 radical (unpaired) electrons. The van der Waals surface area contributed by atoms with Crippen molar-refractivity contribution in [3.8, 4) is 6.07 Å². The Morgan fingerprint density at radius 1 is 1.40 bits per heavy atom. The highest BCUT2D eigenvalue weighted by atomic mass is 79.9. The maximum Gasteiger partial charge on any atom is 0.419 e. The molecule has 80 valence electrons. The molecule has 0 aliphatic rings. The van der Waals surface area contributed by atoms with E-state index >= 15 is 0 Å². The molecule has 1 rings (SSSR count). The summed E-state index contributed by atoms with van der Waals surface area (Å²) in [5.41, 5.74) is -0.995. The van der Waals surface area contributed by atoms with Crippen LogP contribution in [0.25, 0.3) is 0 Å². The lowest BCUT2D eigenvalue weighted by Gasteiger charge is -2.11. The van der Waals surface area contributed by atoms with Gasteiger partial charge in [-0.25, -0.2) is 0 Å². The first-order valence-electron chi connectivity index (χ1n) is 3.76. The highest BCUT2D eigenvalue weighted by molar-refractivity contribution is 9.08. The molecule has 0 N–H and O–H groups in total. The molecule has 0 aliphatic heterocycles. The van der Waals surface area contributed by atoms with Crippen LogP contribution in [-0.2, 0) is 11.5 Å². The lowest BCUT2D eigenvalue weighted by molar-refractivity contribution is -0.137. The van der Waals surface area contributed by atoms with E-state index < -0.39 is 22.3 Å². The van der Waals surface area contributed by atoms with Gasteiger partial charge in [0.25, 0.3) is 0 Å². The largest absolute Gasteiger partial charge is 0.419 e. The fourth-order valence-electron chi connectivity index (χ4n) is 1.12. The van der Waals surface area contributed by atoms with Gasteiger partial charge in [0.2, 0.25) is 0 Å². The van der Waals surface area contributed by atoms with Crippen LogP contribution in [0, 0.1) is 11.3 Å². The Bertz CT molecular complexity index is 423. The highest BCUT2D eigenvalue weighted by Gasteiger charge is 2.36. The molecule has 0 atom stereocenters. The van der Waals surface area contributed by atoms with Crippen LogP contribution in [0.2, 0.25) is 5.02 Å². The van der Waals surface area contributed by atoms with Crippen LogP contribution in [-0.4, -0.2) is 0 Å². The van der Waals surface area contributed by atoms with Gasteiger partial charge in [0.15, 0.2) is 0 Å². The number of nitriles is 1. The zero-order valence-electron chi connectivity index (χ0n) is 7.20. The van der Waals surface area contributed by atoms with Crippen molar-refractivity contribution in [1.82, 2.24) is 0 Å². The standard InChI is InChI=1S/C9H4BrClF3N/c10-3-5-1-6(4-15)8(7(11)2-5)9(12,13)14/h1-2H,3H2. The average molecular weight is 298 g/mol. The van der Waals surface area contributed by atoms with E-state index in [1.54, 1.807) is 0 Å². The number of halogens is 5. The zero-order chi connectivity index (χ0) is 11.6. The number of rotatable bonds is 1. The number of hydrogen-bond donors (Lipinski definition) is 0. The molecule has 0 fully saturated rings. The van der Waals surface area contributed by atoms with Gasteiger partial charge in [-0.2, -0.15) is 18.4 Å². The third-order valence-electron chi connectivity index (χ3n) is 1.71. The minimum absolute atomic E-state index is 0.347. The molecule has 0 saturated carbocycles. The number of alkyl halides is 4. The van der Waals surface area contributed by atoms with Crippen LogP contribution >= 0.6 is 27.5 Å². The SMILES string of the molecule is N#Cc1cc(CBr)cc(Cl)c1C(F)(F)F. The van der Waals surface area contributed by atoms with Crippen molar-refractivity contribution >= 4 is 27.5 Å². The molecule has 0 heterocycles. The van der Waals surface area contributed by atoms with E-state index in [1.807, 2.05) is 0 Å². The Morgan fingerprint density at radius 3 is 2.40 bits per heavy atom. The van der Waals surface area contributed by atoms with Gasteiger partial charge in [-0.05, 0) is 17.7 Å². The monoisotopic (exact) mass is 297 g/mol. The second-order valence-corrected chi connectivity index (χ2v) is 3.71. The molecule has 1 aromatic carbocycles. The summed E-state index contributed by atoms with van der Waals surface area (Å²) in [5, 5.41) is 8.50. The summed E-state index contributed by atoms with van der Waals surface area (Å²) in [6, 6.07) is 3.86. The minimum atomic E-state index is -4.60. The molecular weight excluding hydrogens is 294 g/mol. The van der Waals surface area contributed by atoms with Crippen molar-refractivity contribution in [1.29, 1.82) is 5.26 Å². The van der Waals surface area contributed by atoms with Gasteiger partial charge in [0.1, 0.15) is 0 Å². The molecular formula is C9H4BrClF3N. The van der Waals surface area contributed by atoms with Gasteiger partial charge in [0, 0.05) is 5.33 Å². The first-order chi connectivity index (χ1) is 6.90. The van der Waals surface area contributed by atoms with Crippen LogP contribution in [0.15, 0.2) is 12.1 Å². The summed E-state index contributed by atoms with van der Waals surface area (Å²) in [4.78, 5) is 0. The molecule has 0 bridgehead atoms. The van der Waals surface area contributed by atoms with Crippen LogP contribution in [0.5, 0.6) is 0 Å². The lowest BCUT2D eigenvalue weighted by atomic mass is 10.1. The predicted octanol–water partition coefficient (Wildman–Crippen LogP) is 4.13. The van der Waals surface area contributed by atoms with Crippen LogP contribution in [0.1, 0.15) is 16.7 Å². The van der Waals surface area contributed by atoms with Gasteiger partial charge < -0.3 is 0 Å². The normalized spacial score (nSPS) is 11.2. The second-order valence-electron chi connectivity index (χ2n) is 2.74. The molecule has 0 aliphatic carbocycles. The van der Waals surface area contributed by atoms with Gasteiger partial charge in [-0.15, -0.1) is 0 Å². The molecule has 0 unspecified atom stereocenters. The quantitative estimate of drug-likeness (QED) is 0.715. The van der Waals surface area contributed by atoms with Gasteiger partial charge >= 0.3 is 6.18 Å². The Kier molecular flexibility index (Phi) is 3.63. The molecule has 15 heavy (non-hydrogen) atoms. The Hall–Kier alpha value is -0.730. The Labute approximate surface area is 97.6 Å². The van der Waals surface area contributed by atoms with Crippen molar-refractivity contribution in [3.63, 3.8) is 0 Å². The molecule has 0 amide bonds. The molecule has 6 heteroatoms. The van der Waals surface area contributed by atoms with Crippen molar-refractivity contribution in [2.24, 2.45) is 0 Å². The van der Waals surface area contributed by atoms with E-state index in [0.29, 0.717) is 10.9 Å². The van der Waals surface area contributed by atoms with Gasteiger partial charge in [0.05, 0.1) is 22.2 Å². The smallest absolute Gasteiger partial charge is 0.192 e. The second kappa shape index (κ2) is 4.42. The maximum atomic E-state index is 12.5. The van der Waals surface area contributed by atoms with E-state index in [2.05, 4.69) is 15.9 Å². The minimum Gasteiger partial charge on any atom is -0.192 e. The first kappa shape index (κ1) is 12.3. The Morgan fingerprint density at radius 2 is 2.00 bits per heavy atom. The van der Waals surface area contributed by atoms with Gasteiger partial charge in [-0.1, -0.05) is 27.5 Å². The Balaban J connectivity index is 3.47. The third kappa shape index (κ3) is 2.64. The summed E-state index contributed by atoms with van der Waals surface area (Å²) >= 11 is 8.57. The van der Waals surface area contributed by atoms with E-state index in [-0.39, 0.29) is 0 Å². The molecule has 0 spiro atoms. The van der Waals surface area contributed by atoms with E-state index in [4.69, 9.17) is 16.9 Å². The number of nitrogens with zero attached hydrogens (tertiary/aromatic N) is 1. The zero-order valence-corrected chi connectivity index (χ0v) is 9.54. The van der Waals surface area contributed by atoms with Crippen molar-refractivity contribution in [2.75, 3.05) is 0 Å². The van der Waals surface area contributed by atoms with Crippen molar-refractivity contribution in [2.45, 2.75) is 11.5 Å². The van der Waals surface area contributed by atoms with Crippen LogP contribution < -0.4 is 0 Å². The van der Waals surface area contributed by atoms with Crippen LogP contribution in [0.4, 0.5) is 13.2 Å². The average Bonchev–Trinajstić information content (AvgIpc) is 2.14. The number of benzene rings is 1. The van der Waals surface area contributed by atoms with Crippen molar-refractivity contribution in [3.05, 3.63) is 33.8 Å². The predicted molar refractivity (Wildman–Crippen MR) is 53.8 cm³/mol. The summed E-state index contributed by atoms with van der Waals surface area (Å²) in [6.07, 6.45) is -4.60. The molecule has 1 nitrogen and oxygen atoms in total. The topological polar surface area (TPSA) is 23.8 Å². The van der Waals surface area contributed by atoms with Gasteiger partial charge in [-0.3, -0.25) is 0 Å². The third-order valence-corrected chi connectivity index (χ3v) is 2.65. The van der Waals surface area contributed by atoms with E-state index in [1.165, 1.54) is 18.2 Å². The summed E-state index contributed by atoms with van der Waals surface area (Å²) < 4.78 is 37.5. The summed E-state index contributed by atoms with van der Waals surface area (Å²) in [6.45, 7) is 0. The molecule has 1 aromatic rings. The summed E-state index contributed by atoms with van der Waals surface area (Å²) in [7, 11) is 0. The first-order valence-corrected chi connectivity index (χ1v) is 5.25. The van der Waals surface area contributed by atoms with E-state index in [9.17, 15) is 13.2 Å². The van der Waals surface area contributed by atoms with Crippen molar-refractivity contribution < 1.29 is 13.2 Å². The fraction of sp³-hybridized carbons (Fsp3) is 0.222. The highest BCUT2D eigenvalue weighted by Crippen LogP contribution is 2.37. The van der Waals surface area contributed by atoms with E-state index in [0.717, 1.165) is 0 Å². The fourth-order valence-corrected chi connectivity index (χ4v) is 1.79. The van der Waals surface area contributed by atoms with Crippen LogP contribution in [0.3, 0.4) is 0 Å².